The summed E-state index contributed by atoms with van der Waals surface area (Å²) in [6.45, 7) is 4.82. The molecule has 0 aliphatic heterocycles. The fourth-order valence-corrected chi connectivity index (χ4v) is 1.47. The van der Waals surface area contributed by atoms with Gasteiger partial charge in [0.25, 0.3) is 5.91 Å². The fourth-order valence-electron chi connectivity index (χ4n) is 1.47. The van der Waals surface area contributed by atoms with Crippen LogP contribution in [0.4, 0.5) is 0 Å². The molecule has 18 heavy (non-hydrogen) atoms. The van der Waals surface area contributed by atoms with Crippen LogP contribution in [0.3, 0.4) is 0 Å². The van der Waals surface area contributed by atoms with Gasteiger partial charge in [-0.05, 0) is 49.9 Å². The molecule has 1 rings (SSSR count). The van der Waals surface area contributed by atoms with Crippen molar-refractivity contribution in [2.24, 2.45) is 0 Å². The Hall–Kier alpha value is -1.55. The molecule has 0 atom stereocenters. The van der Waals surface area contributed by atoms with Crippen molar-refractivity contribution in [3.8, 4) is 5.75 Å². The van der Waals surface area contributed by atoms with Crippen LogP contribution in [0.5, 0.6) is 5.75 Å². The van der Waals surface area contributed by atoms with Crippen molar-refractivity contribution < 1.29 is 14.6 Å². The maximum absolute atomic E-state index is 11.4. The Kier molecular flexibility index (Phi) is 6.22. The lowest BCUT2D eigenvalue weighted by Crippen LogP contribution is -2.29. The Bertz CT molecular complexity index is 391. The zero-order valence-electron chi connectivity index (χ0n) is 11.0. The second kappa shape index (κ2) is 7.71. The van der Waals surface area contributed by atoms with Gasteiger partial charge in [-0.25, -0.2) is 0 Å². The van der Waals surface area contributed by atoms with E-state index in [2.05, 4.69) is 5.32 Å². The first-order valence-electron chi connectivity index (χ1n) is 6.21. The number of carbonyl (C=O) groups excluding carboxylic acids is 1. The van der Waals surface area contributed by atoms with Crippen molar-refractivity contribution in [2.75, 3.05) is 19.8 Å². The standard InChI is InChI=1S/C14H21NO3/c1-11-5-6-13(9-12(11)2)18-10-14(17)15-7-3-4-8-16/h5-6,9,16H,3-4,7-8,10H2,1-2H3,(H,15,17). The molecule has 0 bridgehead atoms. The minimum atomic E-state index is -0.133. The summed E-state index contributed by atoms with van der Waals surface area (Å²) in [6, 6.07) is 5.76. The van der Waals surface area contributed by atoms with Crippen LogP contribution in [-0.2, 0) is 4.79 Å². The predicted octanol–water partition coefficient (Wildman–Crippen LogP) is 1.57. The third kappa shape index (κ3) is 5.19. The summed E-state index contributed by atoms with van der Waals surface area (Å²) in [7, 11) is 0. The topological polar surface area (TPSA) is 58.6 Å². The summed E-state index contributed by atoms with van der Waals surface area (Å²) in [5.41, 5.74) is 2.35. The second-order valence-corrected chi connectivity index (χ2v) is 4.32. The van der Waals surface area contributed by atoms with E-state index in [4.69, 9.17) is 9.84 Å². The quantitative estimate of drug-likeness (QED) is 0.723. The van der Waals surface area contributed by atoms with Gasteiger partial charge in [-0.15, -0.1) is 0 Å². The number of nitrogens with one attached hydrogen (secondary N) is 1. The van der Waals surface area contributed by atoms with Crippen molar-refractivity contribution in [1.82, 2.24) is 5.32 Å². The molecule has 0 radical (unpaired) electrons. The van der Waals surface area contributed by atoms with Crippen LogP contribution >= 0.6 is 0 Å². The van der Waals surface area contributed by atoms with E-state index >= 15 is 0 Å². The van der Waals surface area contributed by atoms with Crippen molar-refractivity contribution in [3.05, 3.63) is 29.3 Å². The summed E-state index contributed by atoms with van der Waals surface area (Å²) in [5.74, 6) is 0.578. The molecule has 0 aromatic heterocycles. The maximum atomic E-state index is 11.4. The van der Waals surface area contributed by atoms with Crippen LogP contribution in [-0.4, -0.2) is 30.8 Å². The summed E-state index contributed by atoms with van der Waals surface area (Å²) < 4.78 is 5.40. The molecule has 1 aromatic rings. The third-order valence-corrected chi connectivity index (χ3v) is 2.76. The number of hydrogen-bond donors (Lipinski definition) is 2. The van der Waals surface area contributed by atoms with Crippen molar-refractivity contribution >= 4 is 5.91 Å². The van der Waals surface area contributed by atoms with Gasteiger partial charge in [0.15, 0.2) is 6.61 Å². The third-order valence-electron chi connectivity index (χ3n) is 2.76. The summed E-state index contributed by atoms with van der Waals surface area (Å²) in [5, 5.41) is 11.3. The van der Waals surface area contributed by atoms with Gasteiger partial charge >= 0.3 is 0 Å². The molecule has 1 amide bonds. The van der Waals surface area contributed by atoms with Gasteiger partial charge in [-0.2, -0.15) is 0 Å². The summed E-state index contributed by atoms with van der Waals surface area (Å²) >= 11 is 0. The van der Waals surface area contributed by atoms with Crippen LogP contribution in [0, 0.1) is 13.8 Å². The highest BCUT2D eigenvalue weighted by molar-refractivity contribution is 5.77. The van der Waals surface area contributed by atoms with Crippen molar-refractivity contribution in [3.63, 3.8) is 0 Å². The zero-order valence-corrected chi connectivity index (χ0v) is 11.0. The molecule has 0 spiro atoms. The van der Waals surface area contributed by atoms with E-state index in [0.29, 0.717) is 18.7 Å². The average molecular weight is 251 g/mol. The molecule has 0 unspecified atom stereocenters. The predicted molar refractivity (Wildman–Crippen MR) is 70.7 cm³/mol. The SMILES string of the molecule is Cc1ccc(OCC(=O)NCCCCO)cc1C. The van der Waals surface area contributed by atoms with Gasteiger partial charge in [0.05, 0.1) is 0 Å². The van der Waals surface area contributed by atoms with E-state index in [1.807, 2.05) is 32.0 Å². The van der Waals surface area contributed by atoms with E-state index in [1.165, 1.54) is 5.56 Å². The maximum Gasteiger partial charge on any atom is 0.257 e. The van der Waals surface area contributed by atoms with Gasteiger partial charge in [-0.3, -0.25) is 4.79 Å². The van der Waals surface area contributed by atoms with Gasteiger partial charge in [0.1, 0.15) is 5.75 Å². The van der Waals surface area contributed by atoms with Gasteiger partial charge < -0.3 is 15.2 Å². The Morgan fingerprint density at radius 2 is 2.06 bits per heavy atom. The molecule has 4 heteroatoms. The minimum absolute atomic E-state index is 0.0294. The summed E-state index contributed by atoms with van der Waals surface area (Å²) in [6.07, 6.45) is 1.49. The Labute approximate surface area is 108 Å². The van der Waals surface area contributed by atoms with Crippen LogP contribution in [0.15, 0.2) is 18.2 Å². The Morgan fingerprint density at radius 3 is 2.72 bits per heavy atom. The van der Waals surface area contributed by atoms with E-state index in [-0.39, 0.29) is 19.1 Å². The highest BCUT2D eigenvalue weighted by atomic mass is 16.5. The average Bonchev–Trinajstić information content (AvgIpc) is 2.36. The monoisotopic (exact) mass is 251 g/mol. The molecule has 0 aliphatic rings. The molecule has 4 nitrogen and oxygen atoms in total. The lowest BCUT2D eigenvalue weighted by molar-refractivity contribution is -0.123. The molecule has 1 aromatic carbocycles. The Balaban J connectivity index is 2.27. The first kappa shape index (κ1) is 14.5. The smallest absolute Gasteiger partial charge is 0.257 e. The number of carbonyl (C=O) groups is 1. The first-order valence-corrected chi connectivity index (χ1v) is 6.21. The highest BCUT2D eigenvalue weighted by Crippen LogP contribution is 2.16. The number of unbranched alkanes of at least 4 members (excludes halogenated alkanes) is 1. The number of aliphatic hydroxyl groups excluding tert-OH is 1. The number of rotatable bonds is 7. The molecule has 0 fully saturated rings. The highest BCUT2D eigenvalue weighted by Gasteiger charge is 2.02. The number of hydrogen-bond acceptors (Lipinski definition) is 3. The largest absolute Gasteiger partial charge is 0.484 e. The molecule has 0 saturated heterocycles. The zero-order chi connectivity index (χ0) is 13.4. The number of benzene rings is 1. The van der Waals surface area contributed by atoms with Gasteiger partial charge in [0.2, 0.25) is 0 Å². The number of amides is 1. The fraction of sp³-hybridized carbons (Fsp3) is 0.500. The van der Waals surface area contributed by atoms with Gasteiger partial charge in [0, 0.05) is 13.2 Å². The number of aliphatic hydroxyl groups is 1. The van der Waals surface area contributed by atoms with Crippen LogP contribution in [0.25, 0.3) is 0 Å². The molecular weight excluding hydrogens is 230 g/mol. The molecule has 0 saturated carbocycles. The Morgan fingerprint density at radius 1 is 1.28 bits per heavy atom. The van der Waals surface area contributed by atoms with Gasteiger partial charge in [-0.1, -0.05) is 6.07 Å². The van der Waals surface area contributed by atoms with E-state index in [9.17, 15) is 4.79 Å². The van der Waals surface area contributed by atoms with Crippen LogP contribution in [0.2, 0.25) is 0 Å². The second-order valence-electron chi connectivity index (χ2n) is 4.32. The lowest BCUT2D eigenvalue weighted by atomic mass is 10.1. The van der Waals surface area contributed by atoms with E-state index in [1.54, 1.807) is 0 Å². The van der Waals surface area contributed by atoms with Crippen molar-refractivity contribution in [1.29, 1.82) is 0 Å². The normalized spacial score (nSPS) is 10.2. The minimum Gasteiger partial charge on any atom is -0.484 e. The number of ether oxygens (including phenoxy) is 1. The summed E-state index contributed by atoms with van der Waals surface area (Å²) in [4.78, 5) is 11.4. The van der Waals surface area contributed by atoms with Crippen molar-refractivity contribution in [2.45, 2.75) is 26.7 Å². The van der Waals surface area contributed by atoms with E-state index < -0.39 is 0 Å². The van der Waals surface area contributed by atoms with Crippen LogP contribution < -0.4 is 10.1 Å². The molecule has 100 valence electrons. The first-order chi connectivity index (χ1) is 8.63. The van der Waals surface area contributed by atoms with Crippen LogP contribution in [0.1, 0.15) is 24.0 Å². The molecule has 0 aliphatic carbocycles. The molecular formula is C14H21NO3. The lowest BCUT2D eigenvalue weighted by Gasteiger charge is -2.08. The number of aryl methyl sites for hydroxylation is 2. The van der Waals surface area contributed by atoms with E-state index in [0.717, 1.165) is 12.0 Å². The molecule has 2 N–H and O–H groups in total. The molecule has 0 heterocycles.